The van der Waals surface area contributed by atoms with Crippen LogP contribution in [0.15, 0.2) is 22.7 Å². The van der Waals surface area contributed by atoms with Crippen molar-refractivity contribution in [2.75, 3.05) is 0 Å². The fourth-order valence-corrected chi connectivity index (χ4v) is 2.59. The quantitative estimate of drug-likeness (QED) is 0.459. The van der Waals surface area contributed by atoms with Gasteiger partial charge in [-0.15, -0.1) is 11.3 Å². The number of phenolic OH excluding ortho intramolecular Hbond substituents is 2. The first-order chi connectivity index (χ1) is 9.55. The van der Waals surface area contributed by atoms with Gasteiger partial charge in [-0.2, -0.15) is 0 Å². The summed E-state index contributed by atoms with van der Waals surface area (Å²) in [6, 6.07) is 2.91. The summed E-state index contributed by atoms with van der Waals surface area (Å²) in [6.07, 6.45) is 0.940. The van der Waals surface area contributed by atoms with Gasteiger partial charge in [0.2, 0.25) is 0 Å². The Labute approximate surface area is 120 Å². The summed E-state index contributed by atoms with van der Waals surface area (Å²) in [5.41, 5.74) is 2.20. The van der Waals surface area contributed by atoms with Crippen molar-refractivity contribution in [3.63, 3.8) is 0 Å². The fraction of sp³-hybridized carbons (Fsp3) is 0.286. The minimum atomic E-state index is -0.112. The molecule has 0 atom stereocenters. The van der Waals surface area contributed by atoms with Crippen LogP contribution in [-0.4, -0.2) is 26.1 Å². The van der Waals surface area contributed by atoms with Crippen LogP contribution in [0.2, 0.25) is 0 Å². The van der Waals surface area contributed by atoms with Gasteiger partial charge in [0, 0.05) is 23.4 Å². The van der Waals surface area contributed by atoms with Crippen LogP contribution in [0.3, 0.4) is 0 Å². The van der Waals surface area contributed by atoms with Crippen molar-refractivity contribution in [2.24, 2.45) is 5.16 Å². The van der Waals surface area contributed by atoms with Gasteiger partial charge in [0.15, 0.2) is 0 Å². The van der Waals surface area contributed by atoms with Gasteiger partial charge in [0.25, 0.3) is 0 Å². The number of thiazole rings is 1. The zero-order valence-corrected chi connectivity index (χ0v) is 12.1. The predicted molar refractivity (Wildman–Crippen MR) is 78.0 cm³/mol. The van der Waals surface area contributed by atoms with Crippen molar-refractivity contribution >= 4 is 17.0 Å². The molecule has 0 fully saturated rings. The molecule has 1 aromatic carbocycles. The number of hydrogen-bond acceptors (Lipinski definition) is 6. The van der Waals surface area contributed by atoms with Crippen LogP contribution in [0.4, 0.5) is 0 Å². The highest BCUT2D eigenvalue weighted by molar-refractivity contribution is 7.09. The van der Waals surface area contributed by atoms with Crippen LogP contribution in [0.5, 0.6) is 11.5 Å². The van der Waals surface area contributed by atoms with E-state index in [2.05, 4.69) is 10.1 Å². The van der Waals surface area contributed by atoms with Gasteiger partial charge in [0.1, 0.15) is 11.5 Å². The van der Waals surface area contributed by atoms with E-state index in [1.54, 1.807) is 6.07 Å². The topological polar surface area (TPSA) is 85.9 Å². The van der Waals surface area contributed by atoms with Gasteiger partial charge >= 0.3 is 0 Å². The molecule has 0 unspecified atom stereocenters. The second-order valence-electron chi connectivity index (χ2n) is 4.43. The van der Waals surface area contributed by atoms with Crippen molar-refractivity contribution in [3.05, 3.63) is 39.3 Å². The van der Waals surface area contributed by atoms with Gasteiger partial charge in [0.05, 0.1) is 16.4 Å². The Hall–Kier alpha value is -2.08. The van der Waals surface area contributed by atoms with Crippen LogP contribution in [-0.2, 0) is 12.8 Å². The molecule has 2 rings (SSSR count). The third-order valence-corrected chi connectivity index (χ3v) is 3.85. The first-order valence-electron chi connectivity index (χ1n) is 6.22. The second-order valence-corrected chi connectivity index (χ2v) is 5.50. The molecular formula is C14H16N2O3S. The lowest BCUT2D eigenvalue weighted by atomic mass is 10.0. The van der Waals surface area contributed by atoms with Crippen LogP contribution in [0, 0.1) is 6.92 Å². The zero-order valence-electron chi connectivity index (χ0n) is 11.3. The molecular weight excluding hydrogens is 276 g/mol. The Morgan fingerprint density at radius 1 is 1.30 bits per heavy atom. The number of rotatable bonds is 4. The van der Waals surface area contributed by atoms with E-state index in [-0.39, 0.29) is 11.5 Å². The molecule has 0 aliphatic heterocycles. The third-order valence-electron chi connectivity index (χ3n) is 3.02. The molecule has 20 heavy (non-hydrogen) atoms. The first kappa shape index (κ1) is 14.3. The van der Waals surface area contributed by atoms with Gasteiger partial charge < -0.3 is 15.4 Å². The number of aromatic hydroxyl groups is 2. The summed E-state index contributed by atoms with van der Waals surface area (Å²) < 4.78 is 0. The second kappa shape index (κ2) is 5.92. The summed E-state index contributed by atoms with van der Waals surface area (Å²) in [7, 11) is 0. The Morgan fingerprint density at radius 2 is 2.05 bits per heavy atom. The largest absolute Gasteiger partial charge is 0.508 e. The lowest BCUT2D eigenvalue weighted by molar-refractivity contribution is 0.318. The van der Waals surface area contributed by atoms with Crippen molar-refractivity contribution in [1.82, 2.24) is 4.98 Å². The molecule has 0 aliphatic rings. The van der Waals surface area contributed by atoms with Gasteiger partial charge in [-0.1, -0.05) is 12.1 Å². The van der Waals surface area contributed by atoms with E-state index >= 15 is 0 Å². The summed E-state index contributed by atoms with van der Waals surface area (Å²) in [4.78, 5) is 4.31. The normalized spacial score (nSPS) is 11.8. The molecule has 0 spiro atoms. The molecule has 0 aliphatic carbocycles. The minimum Gasteiger partial charge on any atom is -0.508 e. The average molecular weight is 292 g/mol. The third kappa shape index (κ3) is 2.91. The minimum absolute atomic E-state index is 0.0375. The molecule has 5 nitrogen and oxygen atoms in total. The number of phenols is 2. The molecule has 0 bridgehead atoms. The van der Waals surface area contributed by atoms with Crippen molar-refractivity contribution in [2.45, 2.75) is 26.7 Å². The van der Waals surface area contributed by atoms with E-state index in [0.29, 0.717) is 29.7 Å². The standard InChI is InChI=1S/C14H16N2O3S/c1-3-9-4-11(14(18)6-13(9)17)12(16-19)5-10-7-20-8(2)15-10/h4,6-7,17-19H,3,5H2,1-2H3/b16-12+. The monoisotopic (exact) mass is 292 g/mol. The van der Waals surface area contributed by atoms with Crippen molar-refractivity contribution in [1.29, 1.82) is 0 Å². The van der Waals surface area contributed by atoms with E-state index < -0.39 is 0 Å². The number of benzene rings is 1. The Balaban J connectivity index is 2.37. The molecule has 0 radical (unpaired) electrons. The number of hydrogen-bond donors (Lipinski definition) is 3. The molecule has 0 saturated carbocycles. The van der Waals surface area contributed by atoms with Crippen LogP contribution >= 0.6 is 11.3 Å². The maximum atomic E-state index is 9.93. The molecule has 3 N–H and O–H groups in total. The molecule has 1 aromatic heterocycles. The number of aromatic nitrogens is 1. The van der Waals surface area contributed by atoms with E-state index in [9.17, 15) is 15.4 Å². The number of aryl methyl sites for hydroxylation is 2. The molecule has 1 heterocycles. The van der Waals surface area contributed by atoms with Gasteiger partial charge in [-0.3, -0.25) is 0 Å². The summed E-state index contributed by atoms with van der Waals surface area (Å²) in [5, 5.41) is 34.9. The number of nitrogens with zero attached hydrogens (tertiary/aromatic N) is 2. The van der Waals surface area contributed by atoms with E-state index in [0.717, 1.165) is 10.7 Å². The first-order valence-corrected chi connectivity index (χ1v) is 7.10. The van der Waals surface area contributed by atoms with Crippen LogP contribution in [0.1, 0.15) is 28.8 Å². The summed E-state index contributed by atoms with van der Waals surface area (Å²) in [5.74, 6) is -0.0741. The summed E-state index contributed by atoms with van der Waals surface area (Å²) >= 11 is 1.52. The molecule has 0 saturated heterocycles. The highest BCUT2D eigenvalue weighted by Crippen LogP contribution is 2.29. The smallest absolute Gasteiger partial charge is 0.128 e. The summed E-state index contributed by atoms with van der Waals surface area (Å²) in [6.45, 7) is 3.80. The molecule has 106 valence electrons. The zero-order chi connectivity index (χ0) is 14.7. The van der Waals surface area contributed by atoms with Gasteiger partial charge in [-0.05, 0) is 25.0 Å². The molecule has 6 heteroatoms. The fourth-order valence-electron chi connectivity index (χ4n) is 1.98. The average Bonchev–Trinajstić information content (AvgIpc) is 2.82. The van der Waals surface area contributed by atoms with Crippen LogP contribution < -0.4 is 0 Å². The molecule has 0 amide bonds. The van der Waals surface area contributed by atoms with E-state index in [1.807, 2.05) is 19.2 Å². The maximum Gasteiger partial charge on any atom is 0.128 e. The predicted octanol–water partition coefficient (Wildman–Crippen LogP) is 2.85. The maximum absolute atomic E-state index is 9.93. The Morgan fingerprint density at radius 3 is 2.60 bits per heavy atom. The lowest BCUT2D eigenvalue weighted by Crippen LogP contribution is -2.07. The van der Waals surface area contributed by atoms with Crippen LogP contribution in [0.25, 0.3) is 0 Å². The van der Waals surface area contributed by atoms with E-state index in [4.69, 9.17) is 0 Å². The Bertz CT molecular complexity index is 650. The molecule has 2 aromatic rings. The van der Waals surface area contributed by atoms with Crippen molar-refractivity contribution < 1.29 is 15.4 Å². The highest BCUT2D eigenvalue weighted by Gasteiger charge is 2.15. The van der Waals surface area contributed by atoms with Crippen molar-refractivity contribution in [3.8, 4) is 11.5 Å². The number of oxime groups is 1. The highest BCUT2D eigenvalue weighted by atomic mass is 32.1. The van der Waals surface area contributed by atoms with E-state index in [1.165, 1.54) is 17.4 Å². The Kier molecular flexibility index (Phi) is 4.24. The van der Waals surface area contributed by atoms with Gasteiger partial charge in [-0.25, -0.2) is 4.98 Å². The SMILES string of the molecule is CCc1cc(/C(Cc2csc(C)n2)=N/O)c(O)cc1O. The lowest BCUT2D eigenvalue weighted by Gasteiger charge is -2.09.